The predicted octanol–water partition coefficient (Wildman–Crippen LogP) is 5.00. The molecule has 0 aromatic heterocycles. The standard InChI is InChI=1S/C17H29NO2.C7H9N/c1-13(2)19-17(18(6)7,20-14(3)4)15(5)16-11-9-8-10-12-16;8-6-7-4-2-1-3-5-7/h8-15H,1-7H3;1-5H,6,8H2. The molecule has 0 bridgehead atoms. The zero-order valence-corrected chi connectivity index (χ0v) is 18.6. The summed E-state index contributed by atoms with van der Waals surface area (Å²) in [5.41, 5.74) is 7.75. The molecule has 0 aliphatic heterocycles. The molecule has 0 saturated carbocycles. The summed E-state index contributed by atoms with van der Waals surface area (Å²) >= 11 is 0. The Morgan fingerprint density at radius 2 is 1.21 bits per heavy atom. The quantitative estimate of drug-likeness (QED) is 0.649. The van der Waals surface area contributed by atoms with Crippen LogP contribution in [0.15, 0.2) is 60.7 Å². The highest BCUT2D eigenvalue weighted by Crippen LogP contribution is 2.36. The van der Waals surface area contributed by atoms with Crippen molar-refractivity contribution in [2.45, 2.75) is 65.2 Å². The van der Waals surface area contributed by atoms with Gasteiger partial charge < -0.3 is 15.2 Å². The van der Waals surface area contributed by atoms with Crippen LogP contribution < -0.4 is 5.73 Å². The topological polar surface area (TPSA) is 47.7 Å². The minimum atomic E-state index is -0.760. The van der Waals surface area contributed by atoms with Crippen molar-refractivity contribution in [2.24, 2.45) is 5.73 Å². The number of likely N-dealkylation sites (N-methyl/N-ethyl adjacent to an activating group) is 1. The molecule has 0 aliphatic carbocycles. The van der Waals surface area contributed by atoms with Gasteiger partial charge in [-0.25, -0.2) is 0 Å². The first-order valence-corrected chi connectivity index (χ1v) is 10.0. The van der Waals surface area contributed by atoms with Crippen LogP contribution in [0, 0.1) is 0 Å². The average Bonchev–Trinajstić information content (AvgIpc) is 2.67. The Morgan fingerprint density at radius 1 is 0.786 bits per heavy atom. The van der Waals surface area contributed by atoms with E-state index in [9.17, 15) is 0 Å². The lowest BCUT2D eigenvalue weighted by molar-refractivity contribution is -0.342. The van der Waals surface area contributed by atoms with Gasteiger partial charge in [0.2, 0.25) is 5.91 Å². The number of nitrogens with two attached hydrogens (primary N) is 1. The van der Waals surface area contributed by atoms with Crippen LogP contribution in [-0.4, -0.2) is 37.1 Å². The van der Waals surface area contributed by atoms with Crippen molar-refractivity contribution in [3.63, 3.8) is 0 Å². The van der Waals surface area contributed by atoms with Crippen molar-refractivity contribution in [1.29, 1.82) is 0 Å². The van der Waals surface area contributed by atoms with Gasteiger partial charge in [0.05, 0.1) is 18.1 Å². The van der Waals surface area contributed by atoms with Crippen molar-refractivity contribution >= 4 is 0 Å². The van der Waals surface area contributed by atoms with E-state index >= 15 is 0 Å². The third kappa shape index (κ3) is 7.36. The Labute approximate surface area is 171 Å². The molecule has 0 aliphatic rings. The maximum absolute atomic E-state index is 6.23. The second-order valence-corrected chi connectivity index (χ2v) is 7.68. The zero-order chi connectivity index (χ0) is 21.2. The second-order valence-electron chi connectivity index (χ2n) is 7.68. The zero-order valence-electron chi connectivity index (χ0n) is 18.6. The van der Waals surface area contributed by atoms with Crippen molar-refractivity contribution < 1.29 is 9.47 Å². The Bertz CT molecular complexity index is 632. The van der Waals surface area contributed by atoms with Gasteiger partial charge in [-0.1, -0.05) is 67.6 Å². The number of ether oxygens (including phenoxy) is 2. The number of hydrogen-bond donors (Lipinski definition) is 1. The van der Waals surface area contributed by atoms with Crippen molar-refractivity contribution in [1.82, 2.24) is 4.90 Å². The molecule has 0 spiro atoms. The monoisotopic (exact) mass is 386 g/mol. The fourth-order valence-corrected chi connectivity index (χ4v) is 3.07. The third-order valence-electron chi connectivity index (χ3n) is 4.36. The molecule has 1 unspecified atom stereocenters. The van der Waals surface area contributed by atoms with Crippen LogP contribution >= 0.6 is 0 Å². The number of benzene rings is 2. The molecular formula is C24H38N2O2. The average molecular weight is 387 g/mol. The van der Waals surface area contributed by atoms with Gasteiger partial charge in [-0.2, -0.15) is 0 Å². The number of hydrogen-bond acceptors (Lipinski definition) is 4. The second kappa shape index (κ2) is 12.0. The van der Waals surface area contributed by atoms with Crippen LogP contribution in [0.4, 0.5) is 0 Å². The van der Waals surface area contributed by atoms with E-state index < -0.39 is 5.91 Å². The lowest BCUT2D eigenvalue weighted by Crippen LogP contribution is -2.55. The Hall–Kier alpha value is -1.72. The van der Waals surface area contributed by atoms with Gasteiger partial charge in [-0.15, -0.1) is 0 Å². The summed E-state index contributed by atoms with van der Waals surface area (Å²) < 4.78 is 12.5. The van der Waals surface area contributed by atoms with Crippen LogP contribution in [0.25, 0.3) is 0 Å². The molecule has 2 N–H and O–H groups in total. The molecule has 28 heavy (non-hydrogen) atoms. The van der Waals surface area contributed by atoms with Gasteiger partial charge in [-0.05, 0) is 52.9 Å². The van der Waals surface area contributed by atoms with E-state index in [0.29, 0.717) is 6.54 Å². The van der Waals surface area contributed by atoms with Crippen molar-refractivity contribution in [3.8, 4) is 0 Å². The first-order valence-electron chi connectivity index (χ1n) is 10.0. The van der Waals surface area contributed by atoms with Gasteiger partial charge in [0.1, 0.15) is 0 Å². The third-order valence-corrected chi connectivity index (χ3v) is 4.36. The van der Waals surface area contributed by atoms with Crippen molar-refractivity contribution in [2.75, 3.05) is 14.1 Å². The molecule has 0 radical (unpaired) electrons. The maximum atomic E-state index is 6.23. The Morgan fingerprint density at radius 3 is 1.54 bits per heavy atom. The maximum Gasteiger partial charge on any atom is 0.236 e. The fraction of sp³-hybridized carbons (Fsp3) is 0.500. The summed E-state index contributed by atoms with van der Waals surface area (Å²) in [7, 11) is 4.01. The van der Waals surface area contributed by atoms with Crippen molar-refractivity contribution in [3.05, 3.63) is 71.8 Å². The van der Waals surface area contributed by atoms with Crippen LogP contribution in [0.3, 0.4) is 0 Å². The molecule has 0 saturated heterocycles. The van der Waals surface area contributed by atoms with E-state index in [0.717, 1.165) is 0 Å². The van der Waals surface area contributed by atoms with Gasteiger partial charge in [0.25, 0.3) is 0 Å². The largest absolute Gasteiger partial charge is 0.334 e. The van der Waals surface area contributed by atoms with Crippen LogP contribution in [-0.2, 0) is 16.0 Å². The molecule has 1 atom stereocenters. The molecule has 4 heteroatoms. The van der Waals surface area contributed by atoms with E-state index in [2.05, 4.69) is 31.2 Å². The molecule has 0 amide bonds. The van der Waals surface area contributed by atoms with E-state index in [1.54, 1.807) is 0 Å². The first kappa shape index (κ1) is 24.3. The molecule has 4 nitrogen and oxygen atoms in total. The van der Waals surface area contributed by atoms with Gasteiger partial charge >= 0.3 is 0 Å². The number of rotatable bonds is 8. The van der Waals surface area contributed by atoms with E-state index in [1.807, 2.05) is 83.1 Å². The smallest absolute Gasteiger partial charge is 0.236 e. The minimum Gasteiger partial charge on any atom is -0.334 e. The normalized spacial score (nSPS) is 12.8. The molecule has 0 fully saturated rings. The lowest BCUT2D eigenvalue weighted by Gasteiger charge is -2.45. The summed E-state index contributed by atoms with van der Waals surface area (Å²) in [6.07, 6.45) is 0.171. The molecule has 2 rings (SSSR count). The van der Waals surface area contributed by atoms with Crippen LogP contribution in [0.5, 0.6) is 0 Å². The minimum absolute atomic E-state index is 0.0855. The number of nitrogens with zero attached hydrogens (tertiary/aromatic N) is 1. The molecular weight excluding hydrogens is 348 g/mol. The molecule has 2 aromatic rings. The highest BCUT2D eigenvalue weighted by atomic mass is 16.7. The summed E-state index contributed by atoms with van der Waals surface area (Å²) in [4.78, 5) is 2.03. The lowest BCUT2D eigenvalue weighted by atomic mass is 9.96. The highest BCUT2D eigenvalue weighted by molar-refractivity contribution is 5.21. The fourth-order valence-electron chi connectivity index (χ4n) is 3.07. The van der Waals surface area contributed by atoms with Crippen LogP contribution in [0.2, 0.25) is 0 Å². The highest BCUT2D eigenvalue weighted by Gasteiger charge is 2.43. The summed E-state index contributed by atoms with van der Waals surface area (Å²) in [5.74, 6) is -0.660. The first-order chi connectivity index (χ1) is 13.2. The predicted molar refractivity (Wildman–Crippen MR) is 118 cm³/mol. The van der Waals surface area contributed by atoms with Gasteiger partial charge in [0, 0.05) is 6.54 Å². The van der Waals surface area contributed by atoms with E-state index in [1.165, 1.54) is 11.1 Å². The van der Waals surface area contributed by atoms with E-state index in [4.69, 9.17) is 15.2 Å². The molecule has 156 valence electrons. The van der Waals surface area contributed by atoms with Gasteiger partial charge in [-0.3, -0.25) is 4.90 Å². The van der Waals surface area contributed by atoms with Gasteiger partial charge in [0.15, 0.2) is 0 Å². The van der Waals surface area contributed by atoms with Crippen LogP contribution in [0.1, 0.15) is 51.7 Å². The Kier molecular flexibility index (Phi) is 10.4. The molecule has 0 heterocycles. The molecule has 2 aromatic carbocycles. The summed E-state index contributed by atoms with van der Waals surface area (Å²) in [5, 5.41) is 0. The SMILES string of the molecule is CC(C)OC(OC(C)C)(C(C)c1ccccc1)N(C)C.NCc1ccccc1. The summed E-state index contributed by atoms with van der Waals surface area (Å²) in [6, 6.07) is 20.4. The Balaban J connectivity index is 0.000000406. The summed E-state index contributed by atoms with van der Waals surface area (Å²) in [6.45, 7) is 11.0. The van der Waals surface area contributed by atoms with E-state index in [-0.39, 0.29) is 18.1 Å².